The number of phenolic OH excluding ortho intramolecular Hbond substituents is 1. The average molecular weight is 313 g/mol. The van der Waals surface area contributed by atoms with E-state index in [1.807, 2.05) is 42.5 Å². The van der Waals surface area contributed by atoms with Crippen LogP contribution in [0.15, 0.2) is 54.6 Å². The van der Waals surface area contributed by atoms with E-state index in [-0.39, 0.29) is 24.2 Å². The van der Waals surface area contributed by atoms with E-state index in [0.717, 1.165) is 11.1 Å². The van der Waals surface area contributed by atoms with Crippen LogP contribution < -0.4 is 5.32 Å². The van der Waals surface area contributed by atoms with Crippen molar-refractivity contribution in [3.63, 3.8) is 0 Å². The summed E-state index contributed by atoms with van der Waals surface area (Å²) in [5.41, 5.74) is 1.89. The third-order valence-corrected chi connectivity index (χ3v) is 3.91. The van der Waals surface area contributed by atoms with E-state index >= 15 is 0 Å². The van der Waals surface area contributed by atoms with E-state index in [9.17, 15) is 15.0 Å². The summed E-state index contributed by atoms with van der Waals surface area (Å²) in [6.07, 6.45) is 1.45. The maximum atomic E-state index is 12.0. The van der Waals surface area contributed by atoms with Crippen LogP contribution in [0.3, 0.4) is 0 Å². The van der Waals surface area contributed by atoms with Crippen molar-refractivity contribution in [2.24, 2.45) is 0 Å². The summed E-state index contributed by atoms with van der Waals surface area (Å²) in [5, 5.41) is 21.8. The molecule has 4 nitrogen and oxygen atoms in total. The molecule has 4 heteroatoms. The number of carbonyl (C=O) groups excluding carboxylic acids is 1. The molecule has 3 N–H and O–H groups in total. The first kappa shape index (κ1) is 17.0. The second kappa shape index (κ2) is 8.96. The van der Waals surface area contributed by atoms with Gasteiger partial charge >= 0.3 is 0 Å². The Hall–Kier alpha value is -2.33. The molecule has 0 aliphatic carbocycles. The lowest BCUT2D eigenvalue weighted by molar-refractivity contribution is -0.121. The van der Waals surface area contributed by atoms with Crippen LogP contribution in [0.25, 0.3) is 0 Å². The van der Waals surface area contributed by atoms with Crippen LogP contribution in [0, 0.1) is 0 Å². The Labute approximate surface area is 136 Å². The summed E-state index contributed by atoms with van der Waals surface area (Å²) in [5.74, 6) is 0.283. The molecule has 23 heavy (non-hydrogen) atoms. The highest BCUT2D eigenvalue weighted by Crippen LogP contribution is 2.19. The Morgan fingerprint density at radius 2 is 1.74 bits per heavy atom. The summed E-state index contributed by atoms with van der Waals surface area (Å²) in [6.45, 7) is 0.595. The van der Waals surface area contributed by atoms with Gasteiger partial charge in [0.05, 0.1) is 0 Å². The molecule has 0 aromatic heterocycles. The Bertz CT molecular complexity index is 613. The van der Waals surface area contributed by atoms with Crippen molar-refractivity contribution in [3.05, 3.63) is 65.7 Å². The number of nitrogens with one attached hydrogen (secondary N) is 1. The molecule has 1 unspecified atom stereocenters. The van der Waals surface area contributed by atoms with Crippen LogP contribution in [0.2, 0.25) is 0 Å². The number of hydrogen-bond acceptors (Lipinski definition) is 3. The second-order valence-corrected chi connectivity index (χ2v) is 5.55. The van der Waals surface area contributed by atoms with Gasteiger partial charge < -0.3 is 15.5 Å². The van der Waals surface area contributed by atoms with E-state index < -0.39 is 0 Å². The Morgan fingerprint density at radius 3 is 2.43 bits per heavy atom. The van der Waals surface area contributed by atoms with Gasteiger partial charge in [0.1, 0.15) is 5.75 Å². The fourth-order valence-corrected chi connectivity index (χ4v) is 2.56. The van der Waals surface area contributed by atoms with Gasteiger partial charge in [-0.25, -0.2) is 0 Å². The molecule has 2 rings (SSSR count). The van der Waals surface area contributed by atoms with Crippen LogP contribution >= 0.6 is 0 Å². The topological polar surface area (TPSA) is 69.6 Å². The van der Waals surface area contributed by atoms with Crippen molar-refractivity contribution in [2.75, 3.05) is 13.2 Å². The maximum absolute atomic E-state index is 12.0. The van der Waals surface area contributed by atoms with Crippen molar-refractivity contribution in [2.45, 2.75) is 25.2 Å². The zero-order chi connectivity index (χ0) is 16.5. The van der Waals surface area contributed by atoms with Crippen LogP contribution in [0.1, 0.15) is 29.9 Å². The van der Waals surface area contributed by atoms with Crippen molar-refractivity contribution in [1.29, 1.82) is 0 Å². The van der Waals surface area contributed by atoms with E-state index in [0.29, 0.717) is 25.8 Å². The maximum Gasteiger partial charge on any atom is 0.220 e. The quantitative estimate of drug-likeness (QED) is 0.701. The molecule has 0 fully saturated rings. The smallest absolute Gasteiger partial charge is 0.220 e. The predicted octanol–water partition coefficient (Wildman–Crippen LogP) is 2.61. The highest BCUT2D eigenvalue weighted by molar-refractivity contribution is 5.76. The highest BCUT2D eigenvalue weighted by Gasteiger charge is 2.12. The first-order chi connectivity index (χ1) is 11.2. The number of aromatic hydroxyl groups is 1. The molecular formula is C19H23NO3. The summed E-state index contributed by atoms with van der Waals surface area (Å²) >= 11 is 0. The van der Waals surface area contributed by atoms with Gasteiger partial charge in [-0.3, -0.25) is 4.79 Å². The Kier molecular flexibility index (Phi) is 6.63. The third kappa shape index (κ3) is 5.42. The first-order valence-electron chi connectivity index (χ1n) is 7.90. The highest BCUT2D eigenvalue weighted by atomic mass is 16.3. The lowest BCUT2D eigenvalue weighted by Gasteiger charge is -2.17. The SMILES string of the molecule is O=C(CCc1ccccc1O)NCC(CCO)c1ccccc1. The van der Waals surface area contributed by atoms with Gasteiger partial charge in [0, 0.05) is 25.5 Å². The van der Waals surface area contributed by atoms with Gasteiger partial charge in [0.2, 0.25) is 5.91 Å². The minimum atomic E-state index is -0.0490. The van der Waals surface area contributed by atoms with E-state index in [1.165, 1.54) is 0 Å². The Morgan fingerprint density at radius 1 is 1.04 bits per heavy atom. The number of aryl methyl sites for hydroxylation is 1. The fraction of sp³-hybridized carbons (Fsp3) is 0.316. The molecule has 0 radical (unpaired) electrons. The monoisotopic (exact) mass is 313 g/mol. The zero-order valence-corrected chi connectivity index (χ0v) is 13.1. The molecule has 2 aromatic rings. The average Bonchev–Trinajstić information content (AvgIpc) is 2.58. The summed E-state index contributed by atoms with van der Waals surface area (Å²) < 4.78 is 0. The standard InChI is InChI=1S/C19H23NO3/c21-13-12-17(15-6-2-1-3-7-15)14-20-19(23)11-10-16-8-4-5-9-18(16)22/h1-9,17,21-22H,10-14H2,(H,20,23). The van der Waals surface area contributed by atoms with E-state index in [2.05, 4.69) is 5.32 Å². The van der Waals surface area contributed by atoms with Crippen molar-refractivity contribution in [1.82, 2.24) is 5.32 Å². The van der Waals surface area contributed by atoms with Gasteiger partial charge in [-0.2, -0.15) is 0 Å². The number of benzene rings is 2. The van der Waals surface area contributed by atoms with E-state index in [4.69, 9.17) is 0 Å². The summed E-state index contributed by atoms with van der Waals surface area (Å²) in [7, 11) is 0. The number of aliphatic hydroxyl groups excluding tert-OH is 1. The Balaban J connectivity index is 1.83. The molecule has 0 saturated carbocycles. The molecule has 1 atom stereocenters. The largest absolute Gasteiger partial charge is 0.508 e. The number of amides is 1. The number of carbonyl (C=O) groups is 1. The van der Waals surface area contributed by atoms with Crippen molar-refractivity contribution < 1.29 is 15.0 Å². The lowest BCUT2D eigenvalue weighted by Crippen LogP contribution is -2.29. The number of phenols is 1. The predicted molar refractivity (Wildman–Crippen MR) is 90.3 cm³/mol. The fourth-order valence-electron chi connectivity index (χ4n) is 2.56. The van der Waals surface area contributed by atoms with Crippen LogP contribution in [0.5, 0.6) is 5.75 Å². The number of aliphatic hydroxyl groups is 1. The first-order valence-corrected chi connectivity index (χ1v) is 7.90. The molecule has 0 aliphatic heterocycles. The zero-order valence-electron chi connectivity index (χ0n) is 13.1. The normalized spacial score (nSPS) is 11.9. The molecule has 1 amide bonds. The van der Waals surface area contributed by atoms with Gasteiger partial charge in [0.25, 0.3) is 0 Å². The van der Waals surface area contributed by atoms with Gasteiger partial charge in [-0.05, 0) is 30.0 Å². The molecule has 0 saturated heterocycles. The number of rotatable bonds is 8. The third-order valence-electron chi connectivity index (χ3n) is 3.91. The van der Waals surface area contributed by atoms with Crippen molar-refractivity contribution in [3.8, 4) is 5.75 Å². The van der Waals surface area contributed by atoms with Gasteiger partial charge in [-0.1, -0.05) is 48.5 Å². The second-order valence-electron chi connectivity index (χ2n) is 5.55. The molecule has 2 aromatic carbocycles. The molecule has 0 spiro atoms. The van der Waals surface area contributed by atoms with Crippen LogP contribution in [-0.2, 0) is 11.2 Å². The number of hydrogen-bond donors (Lipinski definition) is 3. The van der Waals surface area contributed by atoms with Crippen molar-refractivity contribution >= 4 is 5.91 Å². The minimum absolute atomic E-state index is 0.0490. The van der Waals surface area contributed by atoms with Crippen LogP contribution in [-0.4, -0.2) is 29.3 Å². The molecular weight excluding hydrogens is 290 g/mol. The van der Waals surface area contributed by atoms with Gasteiger partial charge in [-0.15, -0.1) is 0 Å². The lowest BCUT2D eigenvalue weighted by atomic mass is 9.96. The number of para-hydroxylation sites is 1. The summed E-state index contributed by atoms with van der Waals surface area (Å²) in [4.78, 5) is 12.0. The molecule has 0 heterocycles. The van der Waals surface area contributed by atoms with E-state index in [1.54, 1.807) is 12.1 Å². The minimum Gasteiger partial charge on any atom is -0.508 e. The molecule has 0 bridgehead atoms. The summed E-state index contributed by atoms with van der Waals surface area (Å²) in [6, 6.07) is 16.9. The van der Waals surface area contributed by atoms with Crippen LogP contribution in [0.4, 0.5) is 0 Å². The van der Waals surface area contributed by atoms with Gasteiger partial charge in [0.15, 0.2) is 0 Å². The molecule has 0 aliphatic rings. The molecule has 122 valence electrons.